The monoisotopic (exact) mass is 219 g/mol. The van der Waals surface area contributed by atoms with Crippen LogP contribution in [0.2, 0.25) is 0 Å². The van der Waals surface area contributed by atoms with Crippen LogP contribution in [-0.4, -0.2) is 33.0 Å². The van der Waals surface area contributed by atoms with Crippen molar-refractivity contribution < 1.29 is 8.42 Å². The van der Waals surface area contributed by atoms with Gasteiger partial charge in [-0.25, -0.2) is 8.42 Å². The molecule has 0 radical (unpaired) electrons. The Hall–Kier alpha value is -0.0900. The zero-order valence-corrected chi connectivity index (χ0v) is 9.94. The van der Waals surface area contributed by atoms with Crippen LogP contribution in [0.1, 0.15) is 32.6 Å². The number of hydrogen-bond donors (Lipinski definition) is 1. The molecule has 3 nitrogen and oxygen atoms in total. The molecule has 0 saturated heterocycles. The van der Waals surface area contributed by atoms with E-state index in [1.54, 1.807) is 0 Å². The number of hydrogen-bond acceptors (Lipinski definition) is 3. The van der Waals surface area contributed by atoms with Gasteiger partial charge < -0.3 is 5.32 Å². The maximum absolute atomic E-state index is 11.0. The summed E-state index contributed by atoms with van der Waals surface area (Å²) in [6.45, 7) is 3.00. The Bertz CT molecular complexity index is 257. The zero-order chi connectivity index (χ0) is 10.6. The molecule has 1 aliphatic rings. The Kier molecular flexibility index (Phi) is 4.38. The SMILES string of the molecule is CCNC(CCS(C)(=O)=O)CC1CC1. The summed E-state index contributed by atoms with van der Waals surface area (Å²) in [6, 6.07) is 0.405. The van der Waals surface area contributed by atoms with Crippen LogP contribution in [-0.2, 0) is 9.84 Å². The van der Waals surface area contributed by atoms with Crippen LogP contribution in [0.5, 0.6) is 0 Å². The van der Waals surface area contributed by atoms with Gasteiger partial charge in [-0.3, -0.25) is 0 Å². The molecule has 1 fully saturated rings. The van der Waals surface area contributed by atoms with Crippen molar-refractivity contribution >= 4 is 9.84 Å². The zero-order valence-electron chi connectivity index (χ0n) is 9.12. The molecule has 1 unspecified atom stereocenters. The molecule has 0 spiro atoms. The van der Waals surface area contributed by atoms with Crippen molar-refractivity contribution in [2.24, 2.45) is 5.92 Å². The van der Waals surface area contributed by atoms with Gasteiger partial charge >= 0.3 is 0 Å². The lowest BCUT2D eigenvalue weighted by molar-refractivity contribution is 0.455. The summed E-state index contributed by atoms with van der Waals surface area (Å²) >= 11 is 0. The summed E-state index contributed by atoms with van der Waals surface area (Å²) in [5.41, 5.74) is 0. The number of sulfone groups is 1. The first-order chi connectivity index (χ1) is 6.51. The molecule has 1 atom stereocenters. The molecule has 0 aromatic rings. The highest BCUT2D eigenvalue weighted by molar-refractivity contribution is 7.90. The second-order valence-electron chi connectivity index (χ2n) is 4.35. The van der Waals surface area contributed by atoms with Gasteiger partial charge in [0.25, 0.3) is 0 Å². The molecule has 1 aliphatic carbocycles. The minimum absolute atomic E-state index is 0.317. The van der Waals surface area contributed by atoms with E-state index in [0.29, 0.717) is 11.8 Å². The van der Waals surface area contributed by atoms with E-state index in [1.807, 2.05) is 0 Å². The fourth-order valence-corrected chi connectivity index (χ4v) is 2.42. The van der Waals surface area contributed by atoms with Gasteiger partial charge in [-0.2, -0.15) is 0 Å². The molecular formula is C10H21NO2S. The van der Waals surface area contributed by atoms with Gasteiger partial charge in [0.1, 0.15) is 9.84 Å². The van der Waals surface area contributed by atoms with Crippen LogP contribution < -0.4 is 5.32 Å². The van der Waals surface area contributed by atoms with Crippen molar-refractivity contribution in [3.8, 4) is 0 Å². The molecule has 1 rings (SSSR count). The van der Waals surface area contributed by atoms with Gasteiger partial charge in [0.15, 0.2) is 0 Å². The van der Waals surface area contributed by atoms with Gasteiger partial charge in [0.05, 0.1) is 5.75 Å². The lowest BCUT2D eigenvalue weighted by atomic mass is 10.1. The number of nitrogens with one attached hydrogen (secondary N) is 1. The maximum Gasteiger partial charge on any atom is 0.147 e. The molecule has 0 heterocycles. The first-order valence-corrected chi connectivity index (χ1v) is 7.48. The molecule has 84 valence electrons. The second-order valence-corrected chi connectivity index (χ2v) is 6.61. The van der Waals surface area contributed by atoms with Gasteiger partial charge in [-0.1, -0.05) is 19.8 Å². The fourth-order valence-electron chi connectivity index (χ4n) is 1.70. The van der Waals surface area contributed by atoms with Crippen molar-refractivity contribution in [2.45, 2.75) is 38.6 Å². The van der Waals surface area contributed by atoms with E-state index in [4.69, 9.17) is 0 Å². The Balaban J connectivity index is 2.26. The Morgan fingerprint density at radius 2 is 2.07 bits per heavy atom. The van der Waals surface area contributed by atoms with Crippen LogP contribution in [0.15, 0.2) is 0 Å². The molecule has 4 heteroatoms. The van der Waals surface area contributed by atoms with Gasteiger partial charge in [-0.05, 0) is 25.3 Å². The summed E-state index contributed by atoms with van der Waals surface area (Å²) in [4.78, 5) is 0. The summed E-state index contributed by atoms with van der Waals surface area (Å²) in [5, 5.41) is 3.36. The van der Waals surface area contributed by atoms with E-state index in [1.165, 1.54) is 19.1 Å². The lowest BCUT2D eigenvalue weighted by Crippen LogP contribution is -2.31. The van der Waals surface area contributed by atoms with Crippen LogP contribution >= 0.6 is 0 Å². The van der Waals surface area contributed by atoms with E-state index in [0.717, 1.165) is 25.3 Å². The van der Waals surface area contributed by atoms with Crippen LogP contribution in [0.4, 0.5) is 0 Å². The van der Waals surface area contributed by atoms with Gasteiger partial charge in [0.2, 0.25) is 0 Å². The average Bonchev–Trinajstić information content (AvgIpc) is 2.83. The third-order valence-corrected chi connectivity index (χ3v) is 3.62. The van der Waals surface area contributed by atoms with E-state index in [-0.39, 0.29) is 0 Å². The Morgan fingerprint density at radius 1 is 1.43 bits per heavy atom. The summed E-state index contributed by atoms with van der Waals surface area (Å²) in [6.07, 6.45) is 5.90. The topological polar surface area (TPSA) is 46.2 Å². The average molecular weight is 219 g/mol. The fraction of sp³-hybridized carbons (Fsp3) is 1.00. The minimum Gasteiger partial charge on any atom is -0.314 e. The summed E-state index contributed by atoms with van der Waals surface area (Å²) in [7, 11) is -2.79. The normalized spacial score (nSPS) is 19.6. The van der Waals surface area contributed by atoms with Gasteiger partial charge in [-0.15, -0.1) is 0 Å². The molecule has 1 saturated carbocycles. The minimum atomic E-state index is -2.79. The van der Waals surface area contributed by atoms with E-state index in [9.17, 15) is 8.42 Å². The van der Waals surface area contributed by atoms with Crippen LogP contribution in [0, 0.1) is 5.92 Å². The highest BCUT2D eigenvalue weighted by Crippen LogP contribution is 2.34. The molecule has 0 bridgehead atoms. The maximum atomic E-state index is 11.0. The first kappa shape index (κ1) is 12.0. The lowest BCUT2D eigenvalue weighted by Gasteiger charge is -2.16. The molecule has 14 heavy (non-hydrogen) atoms. The molecule has 0 aliphatic heterocycles. The molecular weight excluding hydrogens is 198 g/mol. The summed E-state index contributed by atoms with van der Waals surface area (Å²) < 4.78 is 22.0. The van der Waals surface area contributed by atoms with Gasteiger partial charge in [0, 0.05) is 12.3 Å². The van der Waals surface area contributed by atoms with Crippen molar-refractivity contribution in [2.75, 3.05) is 18.6 Å². The number of rotatable bonds is 7. The highest BCUT2D eigenvalue weighted by Gasteiger charge is 2.25. The van der Waals surface area contributed by atoms with Crippen molar-refractivity contribution in [3.05, 3.63) is 0 Å². The van der Waals surface area contributed by atoms with Crippen molar-refractivity contribution in [1.29, 1.82) is 0 Å². The van der Waals surface area contributed by atoms with Crippen LogP contribution in [0.25, 0.3) is 0 Å². The largest absolute Gasteiger partial charge is 0.314 e. The van der Waals surface area contributed by atoms with Crippen LogP contribution in [0.3, 0.4) is 0 Å². The third-order valence-electron chi connectivity index (χ3n) is 2.64. The highest BCUT2D eigenvalue weighted by atomic mass is 32.2. The molecule has 0 amide bonds. The molecule has 0 aromatic carbocycles. The van der Waals surface area contributed by atoms with Crippen molar-refractivity contribution in [1.82, 2.24) is 5.32 Å². The predicted octanol–water partition coefficient (Wildman–Crippen LogP) is 1.20. The van der Waals surface area contributed by atoms with E-state index >= 15 is 0 Å². The first-order valence-electron chi connectivity index (χ1n) is 5.42. The van der Waals surface area contributed by atoms with E-state index in [2.05, 4.69) is 12.2 Å². The Morgan fingerprint density at radius 3 is 2.50 bits per heavy atom. The summed E-state index contributed by atoms with van der Waals surface area (Å²) in [5.74, 6) is 1.18. The standard InChI is InChI=1S/C10H21NO2S/c1-3-11-10(8-9-4-5-9)6-7-14(2,12)13/h9-11H,3-8H2,1-2H3. The smallest absolute Gasteiger partial charge is 0.147 e. The second kappa shape index (κ2) is 5.12. The molecule has 1 N–H and O–H groups in total. The van der Waals surface area contributed by atoms with Crippen molar-refractivity contribution in [3.63, 3.8) is 0 Å². The Labute approximate surface area is 87.2 Å². The van der Waals surface area contributed by atoms with E-state index < -0.39 is 9.84 Å². The molecule has 0 aromatic heterocycles. The quantitative estimate of drug-likeness (QED) is 0.700. The predicted molar refractivity (Wildman–Crippen MR) is 59.1 cm³/mol. The third kappa shape index (κ3) is 5.60.